The van der Waals surface area contributed by atoms with Crippen molar-refractivity contribution in [2.24, 2.45) is 0 Å². The first-order valence-electron chi connectivity index (χ1n) is 6.72. The summed E-state index contributed by atoms with van der Waals surface area (Å²) in [7, 11) is 0. The van der Waals surface area contributed by atoms with E-state index in [0.29, 0.717) is 18.7 Å². The smallest absolute Gasteiger partial charge is 0.249 e. The fourth-order valence-electron chi connectivity index (χ4n) is 2.68. The van der Waals surface area contributed by atoms with E-state index in [1.807, 2.05) is 6.92 Å². The Bertz CT molecular complexity index is 232. The molecule has 2 aliphatic carbocycles. The Morgan fingerprint density at radius 1 is 1.12 bits per heavy atom. The monoisotopic (exact) mass is 225 g/mol. The van der Waals surface area contributed by atoms with Gasteiger partial charge in [0.2, 0.25) is 5.91 Å². The average molecular weight is 225 g/mol. The standard InChI is InChI=1S/C13H23NO2/c1-2-16-10-13(15)14(12-8-9-12)11-6-4-3-5-7-11/h11-12H,2-10H2,1H3. The van der Waals surface area contributed by atoms with Gasteiger partial charge in [-0.1, -0.05) is 19.3 Å². The first-order valence-corrected chi connectivity index (χ1v) is 6.72. The van der Waals surface area contributed by atoms with Crippen LogP contribution in [-0.2, 0) is 9.53 Å². The molecular formula is C13H23NO2. The van der Waals surface area contributed by atoms with Gasteiger partial charge in [-0.05, 0) is 32.6 Å². The van der Waals surface area contributed by atoms with Crippen LogP contribution >= 0.6 is 0 Å². The Kier molecular flexibility index (Phi) is 4.22. The number of hydrogen-bond acceptors (Lipinski definition) is 2. The lowest BCUT2D eigenvalue weighted by atomic mass is 9.94. The van der Waals surface area contributed by atoms with Crippen LogP contribution in [-0.4, -0.2) is 36.1 Å². The van der Waals surface area contributed by atoms with E-state index >= 15 is 0 Å². The van der Waals surface area contributed by atoms with Crippen molar-refractivity contribution in [3.05, 3.63) is 0 Å². The van der Waals surface area contributed by atoms with Gasteiger partial charge < -0.3 is 9.64 Å². The molecule has 0 N–H and O–H groups in total. The van der Waals surface area contributed by atoms with Crippen molar-refractivity contribution in [2.75, 3.05) is 13.2 Å². The van der Waals surface area contributed by atoms with E-state index in [2.05, 4.69) is 4.90 Å². The summed E-state index contributed by atoms with van der Waals surface area (Å²) in [5, 5.41) is 0. The fraction of sp³-hybridized carbons (Fsp3) is 0.923. The van der Waals surface area contributed by atoms with Crippen molar-refractivity contribution in [2.45, 2.75) is 64.0 Å². The van der Waals surface area contributed by atoms with Crippen molar-refractivity contribution in [3.8, 4) is 0 Å². The Balaban J connectivity index is 1.90. The summed E-state index contributed by atoms with van der Waals surface area (Å²) in [5.41, 5.74) is 0. The molecule has 0 aromatic carbocycles. The molecule has 16 heavy (non-hydrogen) atoms. The lowest BCUT2D eigenvalue weighted by Gasteiger charge is -2.34. The van der Waals surface area contributed by atoms with Gasteiger partial charge >= 0.3 is 0 Å². The molecule has 3 nitrogen and oxygen atoms in total. The maximum Gasteiger partial charge on any atom is 0.249 e. The molecule has 92 valence electrons. The largest absolute Gasteiger partial charge is 0.372 e. The van der Waals surface area contributed by atoms with E-state index < -0.39 is 0 Å². The molecule has 0 unspecified atom stereocenters. The van der Waals surface area contributed by atoms with Crippen molar-refractivity contribution < 1.29 is 9.53 Å². The summed E-state index contributed by atoms with van der Waals surface area (Å²) >= 11 is 0. The molecular weight excluding hydrogens is 202 g/mol. The van der Waals surface area contributed by atoms with Gasteiger partial charge in [-0.25, -0.2) is 0 Å². The second-order valence-corrected chi connectivity index (χ2v) is 4.96. The predicted octanol–water partition coefficient (Wildman–Crippen LogP) is 2.35. The fourth-order valence-corrected chi connectivity index (χ4v) is 2.68. The molecule has 0 radical (unpaired) electrons. The maximum atomic E-state index is 12.1. The number of amides is 1. The zero-order chi connectivity index (χ0) is 11.4. The Morgan fingerprint density at radius 3 is 2.31 bits per heavy atom. The van der Waals surface area contributed by atoms with E-state index in [0.717, 1.165) is 0 Å². The molecule has 0 heterocycles. The van der Waals surface area contributed by atoms with Gasteiger partial charge in [0.25, 0.3) is 0 Å². The van der Waals surface area contributed by atoms with Crippen molar-refractivity contribution >= 4 is 5.91 Å². The number of carbonyl (C=O) groups excluding carboxylic acids is 1. The van der Waals surface area contributed by atoms with E-state index in [4.69, 9.17) is 4.74 Å². The topological polar surface area (TPSA) is 29.5 Å². The summed E-state index contributed by atoms with van der Waals surface area (Å²) in [6, 6.07) is 1.05. The quantitative estimate of drug-likeness (QED) is 0.718. The van der Waals surface area contributed by atoms with Crippen LogP contribution < -0.4 is 0 Å². The molecule has 0 bridgehead atoms. The molecule has 2 saturated carbocycles. The highest BCUT2D eigenvalue weighted by Crippen LogP contribution is 2.33. The average Bonchev–Trinajstić information content (AvgIpc) is 3.12. The molecule has 0 aromatic heterocycles. The molecule has 0 saturated heterocycles. The Morgan fingerprint density at radius 2 is 1.75 bits per heavy atom. The zero-order valence-corrected chi connectivity index (χ0v) is 10.3. The van der Waals surface area contributed by atoms with Gasteiger partial charge in [-0.15, -0.1) is 0 Å². The predicted molar refractivity (Wildman–Crippen MR) is 63.2 cm³/mol. The van der Waals surface area contributed by atoms with Gasteiger partial charge in [-0.2, -0.15) is 0 Å². The van der Waals surface area contributed by atoms with Crippen molar-refractivity contribution in [3.63, 3.8) is 0 Å². The lowest BCUT2D eigenvalue weighted by molar-refractivity contribution is -0.139. The minimum atomic E-state index is 0.219. The molecule has 0 aromatic rings. The third-order valence-electron chi connectivity index (χ3n) is 3.63. The van der Waals surface area contributed by atoms with Crippen LogP contribution in [0.4, 0.5) is 0 Å². The van der Waals surface area contributed by atoms with Crippen LogP contribution in [0.25, 0.3) is 0 Å². The van der Waals surface area contributed by atoms with Crippen LogP contribution in [0.1, 0.15) is 51.9 Å². The zero-order valence-electron chi connectivity index (χ0n) is 10.3. The minimum Gasteiger partial charge on any atom is -0.372 e. The number of nitrogens with zero attached hydrogens (tertiary/aromatic N) is 1. The Hall–Kier alpha value is -0.570. The third-order valence-corrected chi connectivity index (χ3v) is 3.63. The van der Waals surface area contributed by atoms with Gasteiger partial charge in [0.05, 0.1) is 0 Å². The molecule has 3 heteroatoms. The second-order valence-electron chi connectivity index (χ2n) is 4.96. The number of ether oxygens (including phenoxy) is 1. The molecule has 1 amide bonds. The minimum absolute atomic E-state index is 0.219. The van der Waals surface area contributed by atoms with Crippen LogP contribution in [0.15, 0.2) is 0 Å². The lowest BCUT2D eigenvalue weighted by Crippen LogP contribution is -2.44. The number of hydrogen-bond donors (Lipinski definition) is 0. The molecule has 2 aliphatic rings. The summed E-state index contributed by atoms with van der Waals surface area (Å²) in [4.78, 5) is 14.2. The third kappa shape index (κ3) is 2.97. The van der Waals surface area contributed by atoms with E-state index in [1.54, 1.807) is 0 Å². The van der Waals surface area contributed by atoms with Crippen molar-refractivity contribution in [1.82, 2.24) is 4.90 Å². The second kappa shape index (κ2) is 5.67. The van der Waals surface area contributed by atoms with Crippen molar-refractivity contribution in [1.29, 1.82) is 0 Å². The maximum absolute atomic E-state index is 12.1. The molecule has 0 aliphatic heterocycles. The van der Waals surface area contributed by atoms with E-state index in [9.17, 15) is 4.79 Å². The number of rotatable bonds is 5. The highest BCUT2D eigenvalue weighted by molar-refractivity contribution is 5.78. The molecule has 2 rings (SSSR count). The Labute approximate surface area is 98.1 Å². The van der Waals surface area contributed by atoms with Crippen LogP contribution in [0.2, 0.25) is 0 Å². The van der Waals surface area contributed by atoms with Gasteiger partial charge in [0.15, 0.2) is 0 Å². The van der Waals surface area contributed by atoms with Crippen LogP contribution in [0, 0.1) is 0 Å². The summed E-state index contributed by atoms with van der Waals surface area (Å²) < 4.78 is 5.25. The molecule has 0 atom stereocenters. The SMILES string of the molecule is CCOCC(=O)N(C1CCCCC1)C1CC1. The van der Waals surface area contributed by atoms with Crippen LogP contribution in [0.3, 0.4) is 0 Å². The van der Waals surface area contributed by atoms with E-state index in [1.165, 1.54) is 44.9 Å². The van der Waals surface area contributed by atoms with Gasteiger partial charge in [-0.3, -0.25) is 4.79 Å². The molecule has 0 spiro atoms. The summed E-state index contributed by atoms with van der Waals surface area (Å²) in [6.07, 6.45) is 8.73. The highest BCUT2D eigenvalue weighted by atomic mass is 16.5. The van der Waals surface area contributed by atoms with Gasteiger partial charge in [0.1, 0.15) is 6.61 Å². The van der Waals surface area contributed by atoms with Gasteiger partial charge in [0, 0.05) is 18.7 Å². The van der Waals surface area contributed by atoms with E-state index in [-0.39, 0.29) is 12.5 Å². The number of carbonyl (C=O) groups is 1. The molecule has 2 fully saturated rings. The highest BCUT2D eigenvalue weighted by Gasteiger charge is 2.37. The van der Waals surface area contributed by atoms with Crippen LogP contribution in [0.5, 0.6) is 0 Å². The summed E-state index contributed by atoms with van der Waals surface area (Å²) in [5.74, 6) is 0.219. The normalized spacial score (nSPS) is 22.1. The first-order chi connectivity index (χ1) is 7.83. The summed E-state index contributed by atoms with van der Waals surface area (Å²) in [6.45, 7) is 2.85. The first kappa shape index (κ1) is 11.9.